The predicted octanol–water partition coefficient (Wildman–Crippen LogP) is 4.27. The molecular weight excluding hydrogens is 368 g/mol. The van der Waals surface area contributed by atoms with E-state index in [4.69, 9.17) is 15.2 Å². The van der Waals surface area contributed by atoms with Crippen molar-refractivity contribution in [2.75, 3.05) is 26.3 Å². The molecular formula is C23H40N2O4. The number of hydrogen-bond acceptors (Lipinski definition) is 5. The van der Waals surface area contributed by atoms with E-state index in [9.17, 15) is 9.59 Å². The average molecular weight is 409 g/mol. The van der Waals surface area contributed by atoms with Crippen molar-refractivity contribution in [1.29, 1.82) is 0 Å². The van der Waals surface area contributed by atoms with Crippen molar-refractivity contribution in [3.8, 4) is 0 Å². The third-order valence-corrected chi connectivity index (χ3v) is 3.82. The largest absolute Gasteiger partial charge is 0.376 e. The summed E-state index contributed by atoms with van der Waals surface area (Å²) in [6, 6.07) is 6.94. The van der Waals surface area contributed by atoms with Gasteiger partial charge in [-0.05, 0) is 73.1 Å². The molecule has 0 bridgehead atoms. The Morgan fingerprint density at radius 3 is 1.62 bits per heavy atom. The number of ether oxygens (including phenoxy) is 2. The summed E-state index contributed by atoms with van der Waals surface area (Å²) >= 11 is 0. The molecule has 1 aliphatic heterocycles. The van der Waals surface area contributed by atoms with Crippen LogP contribution in [0.3, 0.4) is 0 Å². The molecule has 6 nitrogen and oxygen atoms in total. The number of benzene rings is 1. The molecule has 0 aliphatic carbocycles. The molecule has 29 heavy (non-hydrogen) atoms. The smallest absolute Gasteiger partial charge is 0.261 e. The van der Waals surface area contributed by atoms with E-state index in [-0.39, 0.29) is 30.4 Å². The highest BCUT2D eigenvalue weighted by molar-refractivity contribution is 6.21. The van der Waals surface area contributed by atoms with Crippen LogP contribution in [0, 0.1) is 0 Å². The molecule has 1 aliphatic rings. The maximum atomic E-state index is 12.1. The number of rotatable bonds is 7. The molecule has 0 radical (unpaired) electrons. The Labute approximate surface area is 176 Å². The quantitative estimate of drug-likeness (QED) is 0.538. The summed E-state index contributed by atoms with van der Waals surface area (Å²) in [6.07, 6.45) is 1.61. The molecule has 0 unspecified atom stereocenters. The number of carbonyl (C=O) groups is 2. The Hall–Kier alpha value is -1.76. The molecule has 1 aromatic carbocycles. The standard InChI is InChI=1S/C15H19NO3.C7H17NO.CH4/c1-15(2,3)19-10-6-9-16-13(17)11-7-4-5-8-12(11)14(16)18;1-7(2,3)9-6-4-5-8;/h4-5,7-8H,6,9-10H2,1-3H3;4-6,8H2,1-3H3;1H4. The van der Waals surface area contributed by atoms with Gasteiger partial charge in [0.2, 0.25) is 0 Å². The number of fused-ring (bicyclic) bond motifs is 1. The zero-order valence-electron chi connectivity index (χ0n) is 18.2. The van der Waals surface area contributed by atoms with E-state index in [0.717, 1.165) is 19.6 Å². The molecule has 0 saturated heterocycles. The third-order valence-electron chi connectivity index (χ3n) is 3.82. The Bertz CT molecular complexity index is 610. The van der Waals surface area contributed by atoms with Gasteiger partial charge in [0.25, 0.3) is 11.8 Å². The molecule has 2 amide bonds. The van der Waals surface area contributed by atoms with Gasteiger partial charge < -0.3 is 15.2 Å². The van der Waals surface area contributed by atoms with Crippen LogP contribution < -0.4 is 5.73 Å². The van der Waals surface area contributed by atoms with Crippen molar-refractivity contribution in [2.24, 2.45) is 5.73 Å². The zero-order valence-corrected chi connectivity index (χ0v) is 18.2. The molecule has 1 heterocycles. The molecule has 2 N–H and O–H groups in total. The first kappa shape index (κ1) is 27.2. The van der Waals surface area contributed by atoms with E-state index >= 15 is 0 Å². The van der Waals surface area contributed by atoms with Crippen LogP contribution in [0.5, 0.6) is 0 Å². The fraction of sp³-hybridized carbons (Fsp3) is 0.652. The number of amides is 2. The van der Waals surface area contributed by atoms with Crippen LogP contribution in [0.25, 0.3) is 0 Å². The average Bonchev–Trinajstić information content (AvgIpc) is 2.82. The van der Waals surface area contributed by atoms with E-state index in [0.29, 0.717) is 30.7 Å². The van der Waals surface area contributed by atoms with Crippen molar-refractivity contribution in [3.63, 3.8) is 0 Å². The van der Waals surface area contributed by atoms with Crippen LogP contribution >= 0.6 is 0 Å². The van der Waals surface area contributed by atoms with Crippen LogP contribution in [-0.4, -0.2) is 54.2 Å². The van der Waals surface area contributed by atoms with Gasteiger partial charge in [0.15, 0.2) is 0 Å². The Kier molecular flexibility index (Phi) is 11.3. The Balaban J connectivity index is 0.000000672. The highest BCUT2D eigenvalue weighted by atomic mass is 16.5. The Morgan fingerprint density at radius 2 is 1.24 bits per heavy atom. The van der Waals surface area contributed by atoms with Gasteiger partial charge in [-0.3, -0.25) is 14.5 Å². The molecule has 2 rings (SSSR count). The first-order valence-corrected chi connectivity index (χ1v) is 9.89. The summed E-state index contributed by atoms with van der Waals surface area (Å²) in [5.74, 6) is -0.396. The van der Waals surface area contributed by atoms with Gasteiger partial charge in [0.1, 0.15) is 0 Å². The van der Waals surface area contributed by atoms with Gasteiger partial charge in [-0.2, -0.15) is 0 Å². The van der Waals surface area contributed by atoms with Gasteiger partial charge in [-0.15, -0.1) is 0 Å². The van der Waals surface area contributed by atoms with Crippen molar-refractivity contribution < 1.29 is 19.1 Å². The van der Waals surface area contributed by atoms with Crippen molar-refractivity contribution in [1.82, 2.24) is 4.90 Å². The second-order valence-corrected chi connectivity index (χ2v) is 8.72. The van der Waals surface area contributed by atoms with Crippen LogP contribution in [0.4, 0.5) is 0 Å². The van der Waals surface area contributed by atoms with E-state index in [1.807, 2.05) is 41.5 Å². The summed E-state index contributed by atoms with van der Waals surface area (Å²) in [5, 5.41) is 0. The summed E-state index contributed by atoms with van der Waals surface area (Å²) in [5.41, 5.74) is 6.09. The van der Waals surface area contributed by atoms with Gasteiger partial charge in [0.05, 0.1) is 22.3 Å². The fourth-order valence-electron chi connectivity index (χ4n) is 2.50. The van der Waals surface area contributed by atoms with Crippen LogP contribution in [-0.2, 0) is 9.47 Å². The minimum Gasteiger partial charge on any atom is -0.376 e. The zero-order chi connectivity index (χ0) is 21.4. The lowest BCUT2D eigenvalue weighted by atomic mass is 10.1. The van der Waals surface area contributed by atoms with Crippen molar-refractivity contribution in [3.05, 3.63) is 35.4 Å². The monoisotopic (exact) mass is 408 g/mol. The normalized spacial score (nSPS) is 13.6. The molecule has 0 aromatic heterocycles. The SMILES string of the molecule is C.CC(C)(C)OCCCN.CC(C)(C)OCCCN1C(=O)c2ccccc2C1=O. The highest BCUT2D eigenvalue weighted by Gasteiger charge is 2.34. The molecule has 166 valence electrons. The van der Waals surface area contributed by atoms with Gasteiger partial charge in [-0.1, -0.05) is 19.6 Å². The molecule has 0 saturated carbocycles. The molecule has 6 heteroatoms. The molecule has 0 fully saturated rings. The van der Waals surface area contributed by atoms with E-state index in [1.54, 1.807) is 24.3 Å². The third kappa shape index (κ3) is 10.0. The second-order valence-electron chi connectivity index (χ2n) is 8.72. The number of nitrogens with two attached hydrogens (primary N) is 1. The summed E-state index contributed by atoms with van der Waals surface area (Å²) in [6.45, 7) is 14.5. The lowest BCUT2D eigenvalue weighted by Gasteiger charge is -2.20. The minimum absolute atomic E-state index is 0. The molecule has 0 atom stereocenters. The van der Waals surface area contributed by atoms with E-state index in [2.05, 4.69) is 0 Å². The van der Waals surface area contributed by atoms with Crippen molar-refractivity contribution >= 4 is 11.8 Å². The first-order valence-electron chi connectivity index (χ1n) is 9.89. The fourth-order valence-corrected chi connectivity index (χ4v) is 2.50. The lowest BCUT2D eigenvalue weighted by Crippen LogP contribution is -2.32. The van der Waals surface area contributed by atoms with Gasteiger partial charge in [0, 0.05) is 19.8 Å². The summed E-state index contributed by atoms with van der Waals surface area (Å²) in [7, 11) is 0. The van der Waals surface area contributed by atoms with Crippen molar-refractivity contribution in [2.45, 2.75) is 73.0 Å². The van der Waals surface area contributed by atoms with Crippen LogP contribution in [0.1, 0.15) is 82.5 Å². The maximum Gasteiger partial charge on any atom is 0.261 e. The number of hydrogen-bond donors (Lipinski definition) is 1. The topological polar surface area (TPSA) is 81.9 Å². The number of nitrogens with zero attached hydrogens (tertiary/aromatic N) is 1. The predicted molar refractivity (Wildman–Crippen MR) is 118 cm³/mol. The van der Waals surface area contributed by atoms with Crippen LogP contribution in [0.2, 0.25) is 0 Å². The molecule has 1 aromatic rings. The first-order chi connectivity index (χ1) is 13.0. The summed E-state index contributed by atoms with van der Waals surface area (Å²) in [4.78, 5) is 25.4. The highest BCUT2D eigenvalue weighted by Crippen LogP contribution is 2.22. The van der Waals surface area contributed by atoms with E-state index < -0.39 is 0 Å². The minimum atomic E-state index is -0.198. The molecule has 0 spiro atoms. The maximum absolute atomic E-state index is 12.1. The van der Waals surface area contributed by atoms with Gasteiger partial charge in [-0.25, -0.2) is 0 Å². The van der Waals surface area contributed by atoms with E-state index in [1.165, 1.54) is 4.90 Å². The number of carbonyl (C=O) groups excluding carboxylic acids is 2. The Morgan fingerprint density at radius 1 is 0.828 bits per heavy atom. The second kappa shape index (κ2) is 12.1. The lowest BCUT2D eigenvalue weighted by molar-refractivity contribution is -0.00592. The number of imide groups is 1. The van der Waals surface area contributed by atoms with Gasteiger partial charge >= 0.3 is 0 Å². The van der Waals surface area contributed by atoms with Crippen LogP contribution in [0.15, 0.2) is 24.3 Å². The summed E-state index contributed by atoms with van der Waals surface area (Å²) < 4.78 is 11.0.